The third-order valence-electron chi connectivity index (χ3n) is 3.95. The second-order valence-electron chi connectivity index (χ2n) is 5.44. The van der Waals surface area contributed by atoms with Gasteiger partial charge in [-0.05, 0) is 38.2 Å². The number of carbonyl (C=O) groups excluding carboxylic acids is 1. The fraction of sp³-hybridized carbons (Fsp3) is 0.625. The van der Waals surface area contributed by atoms with Crippen LogP contribution in [0, 0.1) is 0 Å². The maximum atomic E-state index is 12.0. The summed E-state index contributed by atoms with van der Waals surface area (Å²) in [7, 11) is 0. The molecule has 1 aliphatic rings. The molecular formula is C16H25N3O. The van der Waals surface area contributed by atoms with Crippen molar-refractivity contribution in [3.63, 3.8) is 0 Å². The molecule has 0 spiro atoms. The van der Waals surface area contributed by atoms with Crippen molar-refractivity contribution in [2.24, 2.45) is 0 Å². The Morgan fingerprint density at radius 2 is 2.25 bits per heavy atom. The summed E-state index contributed by atoms with van der Waals surface area (Å²) in [4.78, 5) is 18.7. The molecule has 1 fully saturated rings. The molecule has 20 heavy (non-hydrogen) atoms. The topological polar surface area (TPSA) is 45.2 Å². The van der Waals surface area contributed by atoms with Crippen molar-refractivity contribution < 1.29 is 4.79 Å². The largest absolute Gasteiger partial charge is 0.367 e. The molecule has 1 atom stereocenters. The quantitative estimate of drug-likeness (QED) is 0.898. The first kappa shape index (κ1) is 14.8. The Morgan fingerprint density at radius 3 is 3.00 bits per heavy atom. The molecule has 1 aromatic heterocycles. The molecule has 1 aromatic rings. The van der Waals surface area contributed by atoms with Crippen molar-refractivity contribution in [3.05, 3.63) is 24.0 Å². The number of nitrogens with one attached hydrogen (secondary N) is 1. The summed E-state index contributed by atoms with van der Waals surface area (Å²) in [5, 5.41) is 2.91. The minimum Gasteiger partial charge on any atom is -0.367 e. The molecule has 0 bridgehead atoms. The van der Waals surface area contributed by atoms with Crippen LogP contribution in [0.3, 0.4) is 0 Å². The highest BCUT2D eigenvalue weighted by Gasteiger charge is 2.21. The summed E-state index contributed by atoms with van der Waals surface area (Å²) in [6.07, 6.45) is 9.39. The summed E-state index contributed by atoms with van der Waals surface area (Å²) < 4.78 is 0. The smallest absolute Gasteiger partial charge is 0.252 e. The first-order valence-corrected chi connectivity index (χ1v) is 7.76. The van der Waals surface area contributed by atoms with Gasteiger partial charge >= 0.3 is 0 Å². The second kappa shape index (κ2) is 7.27. The van der Waals surface area contributed by atoms with Crippen molar-refractivity contribution in [1.29, 1.82) is 0 Å². The van der Waals surface area contributed by atoms with Gasteiger partial charge in [-0.15, -0.1) is 0 Å². The van der Waals surface area contributed by atoms with E-state index in [0.29, 0.717) is 18.2 Å². The van der Waals surface area contributed by atoms with Crippen LogP contribution in [0.2, 0.25) is 0 Å². The van der Waals surface area contributed by atoms with Crippen LogP contribution in [0.15, 0.2) is 18.5 Å². The first-order chi connectivity index (χ1) is 9.76. The van der Waals surface area contributed by atoms with Crippen LogP contribution in [0.25, 0.3) is 0 Å². The first-order valence-electron chi connectivity index (χ1n) is 7.76. The number of piperidine rings is 1. The SMILES string of the molecule is CCCNC(=O)c1cncc(N2CCCCC2CC)c1. The van der Waals surface area contributed by atoms with Gasteiger partial charge in [0.15, 0.2) is 0 Å². The van der Waals surface area contributed by atoms with E-state index in [-0.39, 0.29) is 5.91 Å². The number of hydrogen-bond acceptors (Lipinski definition) is 3. The highest BCUT2D eigenvalue weighted by Crippen LogP contribution is 2.26. The highest BCUT2D eigenvalue weighted by atomic mass is 16.1. The van der Waals surface area contributed by atoms with E-state index in [0.717, 1.165) is 25.1 Å². The van der Waals surface area contributed by atoms with Crippen LogP contribution in [0.5, 0.6) is 0 Å². The van der Waals surface area contributed by atoms with Crippen molar-refractivity contribution in [2.45, 2.75) is 52.0 Å². The van der Waals surface area contributed by atoms with Gasteiger partial charge in [0.1, 0.15) is 0 Å². The van der Waals surface area contributed by atoms with Crippen LogP contribution < -0.4 is 10.2 Å². The monoisotopic (exact) mass is 275 g/mol. The zero-order valence-electron chi connectivity index (χ0n) is 12.6. The van der Waals surface area contributed by atoms with E-state index in [2.05, 4.69) is 29.0 Å². The average molecular weight is 275 g/mol. The van der Waals surface area contributed by atoms with E-state index in [4.69, 9.17) is 0 Å². The van der Waals surface area contributed by atoms with Gasteiger partial charge in [0.05, 0.1) is 17.4 Å². The number of pyridine rings is 1. The summed E-state index contributed by atoms with van der Waals surface area (Å²) in [6.45, 7) is 6.06. The van der Waals surface area contributed by atoms with Crippen LogP contribution in [-0.2, 0) is 0 Å². The Kier molecular flexibility index (Phi) is 5.39. The lowest BCUT2D eigenvalue weighted by atomic mass is 9.99. The van der Waals surface area contributed by atoms with Crippen LogP contribution in [0.1, 0.15) is 56.3 Å². The van der Waals surface area contributed by atoms with Crippen LogP contribution in [0.4, 0.5) is 5.69 Å². The predicted molar refractivity (Wildman–Crippen MR) is 82.1 cm³/mol. The second-order valence-corrected chi connectivity index (χ2v) is 5.44. The number of carbonyl (C=O) groups is 1. The molecule has 4 heteroatoms. The fourth-order valence-corrected chi connectivity index (χ4v) is 2.81. The Labute approximate surface area is 121 Å². The predicted octanol–water partition coefficient (Wildman–Crippen LogP) is 2.99. The number of anilines is 1. The standard InChI is InChI=1S/C16H25N3O/c1-3-8-18-16(20)13-10-15(12-17-11-13)19-9-6-5-7-14(19)4-2/h10-12,14H,3-9H2,1-2H3,(H,18,20). The molecule has 1 unspecified atom stereocenters. The summed E-state index contributed by atoms with van der Waals surface area (Å²) >= 11 is 0. The van der Waals surface area contributed by atoms with Crippen molar-refractivity contribution in [1.82, 2.24) is 10.3 Å². The molecular weight excluding hydrogens is 250 g/mol. The minimum atomic E-state index is -0.0220. The third kappa shape index (κ3) is 3.50. The van der Waals surface area contributed by atoms with Gasteiger partial charge in [-0.3, -0.25) is 9.78 Å². The Morgan fingerprint density at radius 1 is 1.40 bits per heavy atom. The van der Waals surface area contributed by atoms with E-state index >= 15 is 0 Å². The van der Waals surface area contributed by atoms with Gasteiger partial charge in [-0.25, -0.2) is 0 Å². The van der Waals surface area contributed by atoms with E-state index < -0.39 is 0 Å². The zero-order valence-corrected chi connectivity index (χ0v) is 12.6. The molecule has 1 saturated heterocycles. The molecule has 2 heterocycles. The van der Waals surface area contributed by atoms with Gasteiger partial charge in [0.2, 0.25) is 0 Å². The number of amides is 1. The average Bonchev–Trinajstić information content (AvgIpc) is 2.52. The molecule has 0 aromatic carbocycles. The Hall–Kier alpha value is -1.58. The van der Waals surface area contributed by atoms with Gasteiger partial charge < -0.3 is 10.2 Å². The van der Waals surface area contributed by atoms with Gasteiger partial charge in [-0.1, -0.05) is 13.8 Å². The molecule has 0 radical (unpaired) electrons. The van der Waals surface area contributed by atoms with Gasteiger partial charge in [-0.2, -0.15) is 0 Å². The van der Waals surface area contributed by atoms with E-state index in [1.807, 2.05) is 12.3 Å². The number of nitrogens with zero attached hydrogens (tertiary/aromatic N) is 2. The van der Waals surface area contributed by atoms with Crippen LogP contribution >= 0.6 is 0 Å². The lowest BCUT2D eigenvalue weighted by molar-refractivity contribution is 0.0953. The lowest BCUT2D eigenvalue weighted by Crippen LogP contribution is -2.39. The summed E-state index contributed by atoms with van der Waals surface area (Å²) in [5.41, 5.74) is 1.75. The molecule has 1 N–H and O–H groups in total. The fourth-order valence-electron chi connectivity index (χ4n) is 2.81. The molecule has 4 nitrogen and oxygen atoms in total. The number of hydrogen-bond donors (Lipinski definition) is 1. The summed E-state index contributed by atoms with van der Waals surface area (Å²) in [5.74, 6) is -0.0220. The molecule has 0 aliphatic carbocycles. The maximum absolute atomic E-state index is 12.0. The number of rotatable bonds is 5. The van der Waals surface area contributed by atoms with E-state index in [9.17, 15) is 4.79 Å². The zero-order chi connectivity index (χ0) is 14.4. The lowest BCUT2D eigenvalue weighted by Gasteiger charge is -2.37. The Bertz CT molecular complexity index is 447. The molecule has 2 rings (SSSR count). The highest BCUT2D eigenvalue weighted by molar-refractivity contribution is 5.94. The summed E-state index contributed by atoms with van der Waals surface area (Å²) in [6, 6.07) is 2.56. The maximum Gasteiger partial charge on any atom is 0.252 e. The van der Waals surface area contributed by atoms with Crippen molar-refractivity contribution in [2.75, 3.05) is 18.0 Å². The third-order valence-corrected chi connectivity index (χ3v) is 3.95. The molecule has 110 valence electrons. The minimum absolute atomic E-state index is 0.0220. The van der Waals surface area contributed by atoms with Crippen LogP contribution in [-0.4, -0.2) is 30.0 Å². The molecule has 0 saturated carbocycles. The molecule has 1 aliphatic heterocycles. The van der Waals surface area contributed by atoms with Gasteiger partial charge in [0, 0.05) is 25.3 Å². The van der Waals surface area contributed by atoms with E-state index in [1.165, 1.54) is 19.3 Å². The van der Waals surface area contributed by atoms with Crippen molar-refractivity contribution in [3.8, 4) is 0 Å². The van der Waals surface area contributed by atoms with Gasteiger partial charge in [0.25, 0.3) is 5.91 Å². The molecule has 1 amide bonds. The Balaban J connectivity index is 2.14. The normalized spacial score (nSPS) is 18.9. The van der Waals surface area contributed by atoms with E-state index in [1.54, 1.807) is 6.20 Å². The van der Waals surface area contributed by atoms with Crippen molar-refractivity contribution >= 4 is 11.6 Å². The number of aromatic nitrogens is 1.